The van der Waals surface area contributed by atoms with Crippen molar-refractivity contribution in [2.45, 2.75) is 18.6 Å². The Labute approximate surface area is 190 Å². The Morgan fingerprint density at radius 2 is 1.66 bits per heavy atom. The standard InChI is InChI=1S/C25H23FN4OS/c1-18-8-10-19(11-9-18)16-29(2)23(31)17-32-25-28-27-24(20-6-4-3-5-7-20)30(25)22-14-12-21(26)13-15-22/h3-15H,16-17H2,1-2H3. The lowest BCUT2D eigenvalue weighted by atomic mass is 10.1. The zero-order valence-corrected chi connectivity index (χ0v) is 18.7. The highest BCUT2D eigenvalue weighted by Gasteiger charge is 2.18. The molecule has 7 heteroatoms. The van der Waals surface area contributed by atoms with Crippen LogP contribution in [0.25, 0.3) is 17.1 Å². The average Bonchev–Trinajstić information content (AvgIpc) is 3.24. The number of rotatable bonds is 7. The topological polar surface area (TPSA) is 51.0 Å². The third-order valence-corrected chi connectivity index (χ3v) is 5.95. The highest BCUT2D eigenvalue weighted by Crippen LogP contribution is 2.28. The van der Waals surface area contributed by atoms with Gasteiger partial charge in [-0.3, -0.25) is 9.36 Å². The van der Waals surface area contributed by atoms with Gasteiger partial charge < -0.3 is 4.90 Å². The largest absolute Gasteiger partial charge is 0.341 e. The number of thioether (sulfide) groups is 1. The first-order valence-corrected chi connectivity index (χ1v) is 11.2. The molecule has 0 unspecified atom stereocenters. The summed E-state index contributed by atoms with van der Waals surface area (Å²) in [7, 11) is 1.79. The zero-order valence-electron chi connectivity index (χ0n) is 17.9. The van der Waals surface area contributed by atoms with Gasteiger partial charge in [0.1, 0.15) is 5.82 Å². The van der Waals surface area contributed by atoms with Crippen LogP contribution in [0.2, 0.25) is 0 Å². The fourth-order valence-electron chi connectivity index (χ4n) is 3.25. The van der Waals surface area contributed by atoms with Gasteiger partial charge in [0.15, 0.2) is 11.0 Å². The smallest absolute Gasteiger partial charge is 0.233 e. The second-order valence-corrected chi connectivity index (χ2v) is 8.45. The van der Waals surface area contributed by atoms with E-state index in [4.69, 9.17) is 0 Å². The van der Waals surface area contributed by atoms with Crippen LogP contribution in [-0.4, -0.2) is 38.4 Å². The van der Waals surface area contributed by atoms with E-state index in [-0.39, 0.29) is 17.5 Å². The van der Waals surface area contributed by atoms with Gasteiger partial charge in [0, 0.05) is 24.8 Å². The van der Waals surface area contributed by atoms with Gasteiger partial charge in [-0.15, -0.1) is 10.2 Å². The van der Waals surface area contributed by atoms with Crippen LogP contribution in [0.5, 0.6) is 0 Å². The van der Waals surface area contributed by atoms with Crippen LogP contribution < -0.4 is 0 Å². The summed E-state index contributed by atoms with van der Waals surface area (Å²) in [5.74, 6) is 0.534. The van der Waals surface area contributed by atoms with Gasteiger partial charge in [-0.05, 0) is 36.8 Å². The molecule has 162 valence electrons. The minimum absolute atomic E-state index is 0.00880. The number of amides is 1. The van der Waals surface area contributed by atoms with Crippen molar-refractivity contribution in [1.29, 1.82) is 0 Å². The highest BCUT2D eigenvalue weighted by molar-refractivity contribution is 7.99. The van der Waals surface area contributed by atoms with Crippen LogP contribution in [0.4, 0.5) is 4.39 Å². The van der Waals surface area contributed by atoms with E-state index in [0.29, 0.717) is 17.5 Å². The van der Waals surface area contributed by atoms with E-state index in [2.05, 4.69) is 10.2 Å². The second kappa shape index (κ2) is 9.78. The van der Waals surface area contributed by atoms with Gasteiger partial charge in [0.05, 0.1) is 5.75 Å². The first kappa shape index (κ1) is 21.8. The lowest BCUT2D eigenvalue weighted by Gasteiger charge is -2.17. The Hall–Kier alpha value is -3.45. The summed E-state index contributed by atoms with van der Waals surface area (Å²) >= 11 is 1.32. The molecule has 0 saturated carbocycles. The number of aromatic nitrogens is 3. The lowest BCUT2D eigenvalue weighted by molar-refractivity contribution is -0.127. The molecule has 0 spiro atoms. The van der Waals surface area contributed by atoms with Crippen LogP contribution in [0.15, 0.2) is 84.0 Å². The molecule has 4 aromatic rings. The summed E-state index contributed by atoms with van der Waals surface area (Å²) in [5, 5.41) is 9.26. The number of carbonyl (C=O) groups excluding carboxylic acids is 1. The molecule has 32 heavy (non-hydrogen) atoms. The molecule has 3 aromatic carbocycles. The molecule has 4 rings (SSSR count). The van der Waals surface area contributed by atoms with Crippen LogP contribution >= 0.6 is 11.8 Å². The molecule has 1 aromatic heterocycles. The fraction of sp³-hybridized carbons (Fsp3) is 0.160. The number of carbonyl (C=O) groups is 1. The highest BCUT2D eigenvalue weighted by atomic mass is 32.2. The molecular formula is C25H23FN4OS. The summed E-state index contributed by atoms with van der Waals surface area (Å²) in [6, 6.07) is 24.0. The maximum absolute atomic E-state index is 13.5. The molecule has 0 radical (unpaired) electrons. The predicted octanol–water partition coefficient (Wildman–Crippen LogP) is 5.13. The number of hydrogen-bond donors (Lipinski definition) is 0. The van der Waals surface area contributed by atoms with Crippen molar-refractivity contribution < 1.29 is 9.18 Å². The van der Waals surface area contributed by atoms with Crippen LogP contribution in [0.3, 0.4) is 0 Å². The van der Waals surface area contributed by atoms with Gasteiger partial charge in [0.2, 0.25) is 5.91 Å². The molecule has 1 heterocycles. The van der Waals surface area contributed by atoms with Crippen LogP contribution in [0, 0.1) is 12.7 Å². The summed E-state index contributed by atoms with van der Waals surface area (Å²) < 4.78 is 15.4. The van der Waals surface area contributed by atoms with E-state index in [0.717, 1.165) is 16.8 Å². The van der Waals surface area contributed by atoms with Crippen molar-refractivity contribution in [1.82, 2.24) is 19.7 Å². The molecule has 0 aliphatic heterocycles. The maximum Gasteiger partial charge on any atom is 0.233 e. The van der Waals surface area contributed by atoms with Gasteiger partial charge >= 0.3 is 0 Å². The van der Waals surface area contributed by atoms with Gasteiger partial charge in [0.25, 0.3) is 0 Å². The number of benzene rings is 3. The third-order valence-electron chi connectivity index (χ3n) is 5.04. The zero-order chi connectivity index (χ0) is 22.5. The Balaban J connectivity index is 1.54. The van der Waals surface area contributed by atoms with Crippen molar-refractivity contribution >= 4 is 17.7 Å². The number of hydrogen-bond acceptors (Lipinski definition) is 4. The molecule has 0 bridgehead atoms. The van der Waals surface area contributed by atoms with Crippen molar-refractivity contribution in [2.75, 3.05) is 12.8 Å². The maximum atomic E-state index is 13.5. The monoisotopic (exact) mass is 446 g/mol. The summed E-state index contributed by atoms with van der Waals surface area (Å²) in [6.45, 7) is 2.58. The van der Waals surface area contributed by atoms with Crippen molar-refractivity contribution in [3.63, 3.8) is 0 Å². The average molecular weight is 447 g/mol. The normalized spacial score (nSPS) is 10.8. The summed E-state index contributed by atoms with van der Waals surface area (Å²) in [4.78, 5) is 14.5. The molecule has 0 atom stereocenters. The van der Waals surface area contributed by atoms with Crippen molar-refractivity contribution in [2.24, 2.45) is 0 Å². The first-order valence-electron chi connectivity index (χ1n) is 10.2. The van der Waals surface area contributed by atoms with Gasteiger partial charge in [-0.2, -0.15) is 0 Å². The molecule has 0 N–H and O–H groups in total. The Bertz CT molecular complexity index is 1190. The fourth-order valence-corrected chi connectivity index (χ4v) is 4.15. The predicted molar refractivity (Wildman–Crippen MR) is 125 cm³/mol. The van der Waals surface area contributed by atoms with E-state index in [1.807, 2.05) is 66.1 Å². The molecule has 0 fully saturated rings. The SMILES string of the molecule is Cc1ccc(CN(C)C(=O)CSc2nnc(-c3ccccc3)n2-c2ccc(F)cc2)cc1. The molecule has 5 nitrogen and oxygen atoms in total. The van der Waals surface area contributed by atoms with E-state index in [9.17, 15) is 9.18 Å². The van der Waals surface area contributed by atoms with Crippen LogP contribution in [0.1, 0.15) is 11.1 Å². The third kappa shape index (κ3) is 5.06. The van der Waals surface area contributed by atoms with E-state index >= 15 is 0 Å². The van der Waals surface area contributed by atoms with Gasteiger partial charge in [-0.25, -0.2) is 4.39 Å². The second-order valence-electron chi connectivity index (χ2n) is 7.51. The summed E-state index contributed by atoms with van der Waals surface area (Å²) in [6.07, 6.45) is 0. The molecule has 0 aliphatic carbocycles. The molecule has 0 aliphatic rings. The number of aryl methyl sites for hydroxylation is 1. The first-order chi connectivity index (χ1) is 15.5. The number of halogens is 1. The molecule has 1 amide bonds. The Morgan fingerprint density at radius 3 is 2.34 bits per heavy atom. The van der Waals surface area contributed by atoms with Crippen molar-refractivity contribution in [3.8, 4) is 17.1 Å². The van der Waals surface area contributed by atoms with E-state index in [1.165, 1.54) is 29.5 Å². The lowest BCUT2D eigenvalue weighted by Crippen LogP contribution is -2.27. The number of nitrogens with zero attached hydrogens (tertiary/aromatic N) is 4. The quantitative estimate of drug-likeness (QED) is 0.369. The molecular weight excluding hydrogens is 423 g/mol. The minimum atomic E-state index is -0.315. The van der Waals surface area contributed by atoms with E-state index in [1.54, 1.807) is 24.1 Å². The minimum Gasteiger partial charge on any atom is -0.341 e. The van der Waals surface area contributed by atoms with Crippen LogP contribution in [-0.2, 0) is 11.3 Å². The van der Waals surface area contributed by atoms with Gasteiger partial charge in [-0.1, -0.05) is 71.9 Å². The molecule has 0 saturated heterocycles. The Kier molecular flexibility index (Phi) is 6.66. The Morgan fingerprint density at radius 1 is 0.969 bits per heavy atom. The van der Waals surface area contributed by atoms with Crippen molar-refractivity contribution in [3.05, 3.63) is 95.8 Å². The van der Waals surface area contributed by atoms with E-state index < -0.39 is 0 Å². The summed E-state index contributed by atoms with van der Waals surface area (Å²) in [5.41, 5.74) is 3.89.